The molecule has 0 aliphatic carbocycles. The summed E-state index contributed by atoms with van der Waals surface area (Å²) in [4.78, 5) is 33.3. The van der Waals surface area contributed by atoms with Crippen molar-refractivity contribution in [3.63, 3.8) is 0 Å². The van der Waals surface area contributed by atoms with Gasteiger partial charge in [0.1, 0.15) is 0 Å². The first-order chi connectivity index (χ1) is 6.93. The fourth-order valence-corrected chi connectivity index (χ4v) is 0. The van der Waals surface area contributed by atoms with Crippen LogP contribution in [0.4, 0.5) is 19.2 Å². The summed E-state index contributed by atoms with van der Waals surface area (Å²) in [6.45, 7) is 0. The predicted octanol–water partition coefficient (Wildman–Crippen LogP) is -9.42. The number of hydrogen-bond acceptors (Lipinski definition) is 12. The second-order valence-electron chi connectivity index (χ2n) is 1.00. The van der Waals surface area contributed by atoms with E-state index in [0.717, 1.165) is 0 Å². The summed E-state index contributed by atoms with van der Waals surface area (Å²) in [6, 6.07) is 0. The zero-order chi connectivity index (χ0) is 14.3. The Hall–Kier alpha value is -1.43. The molecule has 0 aromatic rings. The van der Waals surface area contributed by atoms with Gasteiger partial charge in [-0.15, -0.1) is 0 Å². The zero-order valence-corrected chi connectivity index (χ0v) is 13.6. The Labute approximate surface area is 137 Å². The van der Waals surface area contributed by atoms with Crippen LogP contribution < -0.4 is 47.0 Å². The van der Waals surface area contributed by atoms with E-state index in [-0.39, 0.29) is 52.5 Å². The standard InChI is InChI=1S/4CH2O3.Ir.H3N.Zr/c4*2-1(3)4;;;/h4*(H2,2,3,4);;1H3;/q;;;;+3;;+4/p-7. The minimum absolute atomic E-state index is 0. The summed E-state index contributed by atoms with van der Waals surface area (Å²) >= 11 is 0. The largest absolute Gasteiger partial charge is 4.00 e. The maximum absolute atomic E-state index is 8.33. The van der Waals surface area contributed by atoms with Gasteiger partial charge in [-0.2, -0.15) is 0 Å². The Morgan fingerprint density at radius 3 is 0.474 bits per heavy atom. The van der Waals surface area contributed by atoms with Gasteiger partial charge < -0.3 is 66.2 Å². The van der Waals surface area contributed by atoms with E-state index in [2.05, 4.69) is 0 Å². The Morgan fingerprint density at radius 1 is 0.474 bits per heavy atom. The van der Waals surface area contributed by atoms with Crippen LogP contribution in [0.2, 0.25) is 0 Å². The van der Waals surface area contributed by atoms with Crippen molar-refractivity contribution in [3.8, 4) is 0 Å². The monoisotopic (exact) mass is 541 g/mol. The molecular weight excluding hydrogens is 537 g/mol. The van der Waals surface area contributed by atoms with E-state index in [1.807, 2.05) is 0 Å². The van der Waals surface area contributed by atoms with Gasteiger partial charge in [0.2, 0.25) is 0 Å². The molecule has 15 heteroatoms. The Morgan fingerprint density at radius 2 is 0.474 bits per heavy atom. The third-order valence-electron chi connectivity index (χ3n) is 0. The molecule has 0 saturated heterocycles. The number of rotatable bonds is 0. The predicted molar refractivity (Wildman–Crippen MR) is 27.6 cm³/mol. The average Bonchev–Trinajstić information content (AvgIpc) is 1.76. The molecule has 110 valence electrons. The van der Waals surface area contributed by atoms with Gasteiger partial charge in [0.25, 0.3) is 0 Å². The fraction of sp³-hybridized carbons (Fsp3) is 0. The maximum atomic E-state index is 8.33. The van der Waals surface area contributed by atoms with E-state index >= 15 is 0 Å². The zero-order valence-electron chi connectivity index (χ0n) is 8.73. The Kier molecular flexibility index (Phi) is 81.7. The molecule has 0 fully saturated rings. The molecule has 0 unspecified atom stereocenters. The van der Waals surface area contributed by atoms with E-state index in [0.29, 0.717) is 0 Å². The average molecular weight is 542 g/mol. The number of carbonyl (C=O) groups is 4. The number of carbonyl (C=O) groups excluding carboxylic acids is 4. The molecule has 4 N–H and O–H groups in total. The minimum atomic E-state index is -2.33. The first-order valence-corrected chi connectivity index (χ1v) is 2.45. The van der Waals surface area contributed by atoms with Gasteiger partial charge in [0.05, 0.1) is 0 Å². The van der Waals surface area contributed by atoms with Crippen LogP contribution in [0.15, 0.2) is 0 Å². The van der Waals surface area contributed by atoms with Crippen LogP contribution in [0, 0.1) is 0 Å². The molecule has 0 amide bonds. The van der Waals surface area contributed by atoms with E-state index in [4.69, 9.17) is 60.0 Å². The van der Waals surface area contributed by atoms with E-state index in [1.54, 1.807) is 0 Å². The maximum Gasteiger partial charge on any atom is 4.00 e. The molecule has 0 bridgehead atoms. The van der Waals surface area contributed by atoms with Crippen molar-refractivity contribution in [2.45, 2.75) is 0 Å². The molecule has 13 nitrogen and oxygen atoms in total. The normalized spacial score (nSPS) is 5.05. The van der Waals surface area contributed by atoms with E-state index in [9.17, 15) is 0 Å². The van der Waals surface area contributed by atoms with Crippen LogP contribution in [-0.2, 0) is 46.3 Å². The van der Waals surface area contributed by atoms with Crippen LogP contribution in [0.5, 0.6) is 0 Å². The van der Waals surface area contributed by atoms with Crippen molar-refractivity contribution in [2.75, 3.05) is 0 Å². The van der Waals surface area contributed by atoms with Crippen molar-refractivity contribution >= 4 is 24.6 Å². The molecule has 0 heterocycles. The van der Waals surface area contributed by atoms with Crippen molar-refractivity contribution < 1.29 is 106 Å². The van der Waals surface area contributed by atoms with Gasteiger partial charge in [-0.3, -0.25) is 0 Å². The van der Waals surface area contributed by atoms with Crippen LogP contribution in [-0.4, -0.2) is 24.6 Å². The molecule has 0 radical (unpaired) electrons. The smallest absolute Gasteiger partial charge is 0.652 e. The van der Waals surface area contributed by atoms with E-state index in [1.165, 1.54) is 0 Å². The Balaban J connectivity index is -0.0000000192. The van der Waals surface area contributed by atoms with Crippen molar-refractivity contribution in [2.24, 2.45) is 0 Å². The van der Waals surface area contributed by atoms with Crippen LogP contribution in [0.1, 0.15) is 0 Å². The first kappa shape index (κ1) is 43.2. The molecular formula is C4H4IrNO12Zr. The van der Waals surface area contributed by atoms with Gasteiger partial charge >= 0.3 is 46.3 Å². The first-order valence-electron chi connectivity index (χ1n) is 2.45. The number of carboxylic acid groups (broad SMARTS) is 8. The second-order valence-corrected chi connectivity index (χ2v) is 1.00. The van der Waals surface area contributed by atoms with Gasteiger partial charge in [-0.05, 0) is 24.6 Å². The summed E-state index contributed by atoms with van der Waals surface area (Å²) in [7, 11) is 0. The molecule has 0 aliphatic heterocycles. The molecule has 0 aliphatic rings. The molecule has 19 heavy (non-hydrogen) atoms. The van der Waals surface area contributed by atoms with Crippen LogP contribution in [0.25, 0.3) is 0 Å². The van der Waals surface area contributed by atoms with Crippen molar-refractivity contribution in [1.82, 2.24) is 6.15 Å². The third-order valence-corrected chi connectivity index (χ3v) is 0. The molecule has 0 aromatic heterocycles. The van der Waals surface area contributed by atoms with E-state index < -0.39 is 24.6 Å². The molecule has 0 rings (SSSR count). The SMILES string of the molecule is O=C([O-])[O-].O=C([O-])[O-].O=C([O-])[O-].O=C([O-])[O-].[Ir+3].[NH4+].[Zr+4]. The summed E-state index contributed by atoms with van der Waals surface area (Å²) in [6.07, 6.45) is -9.33. The summed E-state index contributed by atoms with van der Waals surface area (Å²) in [5.41, 5.74) is 0. The number of quaternary nitrogens is 1. The van der Waals surface area contributed by atoms with Gasteiger partial charge in [0, 0.05) is 0 Å². The quantitative estimate of drug-likeness (QED) is 0.299. The fourth-order valence-electron chi connectivity index (χ4n) is 0. The summed E-state index contributed by atoms with van der Waals surface area (Å²) in [5, 5.41) is 66.7. The Bertz CT molecular complexity index is 170. The van der Waals surface area contributed by atoms with Crippen molar-refractivity contribution in [1.29, 1.82) is 0 Å². The summed E-state index contributed by atoms with van der Waals surface area (Å²) < 4.78 is 0. The van der Waals surface area contributed by atoms with Gasteiger partial charge in [-0.1, -0.05) is 0 Å². The van der Waals surface area contributed by atoms with Crippen LogP contribution in [0.3, 0.4) is 0 Å². The molecule has 0 atom stereocenters. The van der Waals surface area contributed by atoms with Gasteiger partial charge in [0.15, 0.2) is 0 Å². The topological polar surface area (TPSA) is 289 Å². The van der Waals surface area contributed by atoms with Crippen molar-refractivity contribution in [3.05, 3.63) is 0 Å². The van der Waals surface area contributed by atoms with Gasteiger partial charge in [-0.25, -0.2) is 0 Å². The molecule has 0 saturated carbocycles. The molecule has 0 spiro atoms. The second kappa shape index (κ2) is 36.0. The van der Waals surface area contributed by atoms with Crippen LogP contribution >= 0.6 is 0 Å². The summed E-state index contributed by atoms with van der Waals surface area (Å²) in [5.74, 6) is 0. The number of hydrogen-bond donors (Lipinski definition) is 1. The molecule has 0 aromatic carbocycles. The minimum Gasteiger partial charge on any atom is -0.652 e. The third kappa shape index (κ3) is 1730.